The van der Waals surface area contributed by atoms with E-state index in [0.29, 0.717) is 0 Å². The molecule has 20 heavy (non-hydrogen) atoms. The van der Waals surface area contributed by atoms with Crippen LogP contribution in [0.1, 0.15) is 12.5 Å². The van der Waals surface area contributed by atoms with Gasteiger partial charge in [0.05, 0.1) is 5.69 Å². The molecule has 0 unspecified atom stereocenters. The van der Waals surface area contributed by atoms with Crippen LogP contribution in [0.2, 0.25) is 0 Å². The molecule has 0 fully saturated rings. The van der Waals surface area contributed by atoms with Gasteiger partial charge in [0.25, 0.3) is 0 Å². The van der Waals surface area contributed by atoms with Crippen molar-refractivity contribution >= 4 is 11.4 Å². The lowest BCUT2D eigenvalue weighted by Gasteiger charge is -2.12. The number of aromatic nitrogens is 2. The van der Waals surface area contributed by atoms with Gasteiger partial charge in [0.1, 0.15) is 0 Å². The predicted molar refractivity (Wildman–Crippen MR) is 82.7 cm³/mol. The maximum atomic E-state index is 4.26. The molecule has 3 aromatic rings. The van der Waals surface area contributed by atoms with E-state index >= 15 is 0 Å². The molecular weight excluding hydrogens is 246 g/mol. The van der Waals surface area contributed by atoms with Crippen LogP contribution in [0, 0.1) is 0 Å². The van der Waals surface area contributed by atoms with Crippen LogP contribution in [0.5, 0.6) is 0 Å². The topological polar surface area (TPSA) is 29.9 Å². The van der Waals surface area contributed by atoms with Crippen LogP contribution in [-0.4, -0.2) is 9.78 Å². The fourth-order valence-electron chi connectivity index (χ4n) is 2.25. The normalized spacial score (nSPS) is 10.4. The Morgan fingerprint density at radius 1 is 1.05 bits per heavy atom. The van der Waals surface area contributed by atoms with E-state index < -0.39 is 0 Å². The maximum absolute atomic E-state index is 4.26. The van der Waals surface area contributed by atoms with E-state index in [1.54, 1.807) is 6.20 Å². The second-order valence-corrected chi connectivity index (χ2v) is 4.64. The van der Waals surface area contributed by atoms with E-state index in [1.807, 2.05) is 29.1 Å². The number of rotatable bonds is 4. The first kappa shape index (κ1) is 12.5. The van der Waals surface area contributed by atoms with Crippen molar-refractivity contribution in [3.05, 3.63) is 72.6 Å². The van der Waals surface area contributed by atoms with Crippen LogP contribution in [-0.2, 0) is 6.42 Å². The SMILES string of the molecule is CCc1ccccc1Nc1cccc(-n2cccn2)c1. The largest absolute Gasteiger partial charge is 0.355 e. The molecule has 0 atom stereocenters. The van der Waals surface area contributed by atoms with Crippen molar-refractivity contribution in [3.63, 3.8) is 0 Å². The monoisotopic (exact) mass is 263 g/mol. The van der Waals surface area contributed by atoms with E-state index in [0.717, 1.165) is 23.5 Å². The number of anilines is 2. The van der Waals surface area contributed by atoms with E-state index in [-0.39, 0.29) is 0 Å². The molecule has 1 N–H and O–H groups in total. The van der Waals surface area contributed by atoms with Crippen molar-refractivity contribution < 1.29 is 0 Å². The van der Waals surface area contributed by atoms with Gasteiger partial charge in [-0.05, 0) is 42.3 Å². The molecule has 0 saturated carbocycles. The number of nitrogens with zero attached hydrogens (tertiary/aromatic N) is 2. The zero-order chi connectivity index (χ0) is 13.8. The smallest absolute Gasteiger partial charge is 0.0666 e. The molecule has 0 radical (unpaired) electrons. The lowest BCUT2D eigenvalue weighted by molar-refractivity contribution is 0.881. The van der Waals surface area contributed by atoms with Gasteiger partial charge in [-0.15, -0.1) is 0 Å². The molecule has 3 heteroatoms. The molecule has 0 aliphatic carbocycles. The Morgan fingerprint density at radius 2 is 1.95 bits per heavy atom. The molecule has 0 bridgehead atoms. The molecule has 0 saturated heterocycles. The van der Waals surface area contributed by atoms with E-state index in [1.165, 1.54) is 5.56 Å². The van der Waals surface area contributed by atoms with E-state index in [2.05, 4.69) is 53.7 Å². The van der Waals surface area contributed by atoms with E-state index in [4.69, 9.17) is 0 Å². The third-order valence-corrected chi connectivity index (χ3v) is 3.29. The number of benzene rings is 2. The average Bonchev–Trinajstić information content (AvgIpc) is 3.02. The van der Waals surface area contributed by atoms with Crippen LogP contribution >= 0.6 is 0 Å². The highest BCUT2D eigenvalue weighted by atomic mass is 15.3. The Bertz CT molecular complexity index is 687. The maximum Gasteiger partial charge on any atom is 0.0666 e. The van der Waals surface area contributed by atoms with Crippen molar-refractivity contribution in [1.82, 2.24) is 9.78 Å². The van der Waals surface area contributed by atoms with Gasteiger partial charge in [0, 0.05) is 23.8 Å². The van der Waals surface area contributed by atoms with Gasteiger partial charge in [-0.3, -0.25) is 0 Å². The zero-order valence-electron chi connectivity index (χ0n) is 11.5. The highest BCUT2D eigenvalue weighted by Gasteiger charge is 2.02. The Kier molecular flexibility index (Phi) is 3.50. The summed E-state index contributed by atoms with van der Waals surface area (Å²) >= 11 is 0. The molecule has 0 amide bonds. The standard InChI is InChI=1S/C17H17N3/c1-2-14-7-3-4-10-17(14)19-15-8-5-9-16(13-15)20-12-6-11-18-20/h3-13,19H,2H2,1H3. The molecule has 3 nitrogen and oxygen atoms in total. The number of hydrogen-bond donors (Lipinski definition) is 1. The summed E-state index contributed by atoms with van der Waals surface area (Å²) in [5.74, 6) is 0. The number of aryl methyl sites for hydroxylation is 1. The van der Waals surface area contributed by atoms with Gasteiger partial charge in [0.15, 0.2) is 0 Å². The first-order chi connectivity index (χ1) is 9.86. The van der Waals surface area contributed by atoms with Crippen LogP contribution in [0.15, 0.2) is 67.0 Å². The summed E-state index contributed by atoms with van der Waals surface area (Å²) in [6, 6.07) is 18.6. The van der Waals surface area contributed by atoms with Gasteiger partial charge < -0.3 is 5.32 Å². The molecular formula is C17H17N3. The molecule has 0 spiro atoms. The van der Waals surface area contributed by atoms with E-state index in [9.17, 15) is 0 Å². The lowest BCUT2D eigenvalue weighted by atomic mass is 10.1. The van der Waals surface area contributed by atoms with Crippen LogP contribution in [0.4, 0.5) is 11.4 Å². The van der Waals surface area contributed by atoms with Gasteiger partial charge in [-0.2, -0.15) is 5.10 Å². The average molecular weight is 263 g/mol. The Labute approximate surface area is 118 Å². The molecule has 0 aliphatic heterocycles. The lowest BCUT2D eigenvalue weighted by Crippen LogP contribution is -1.98. The minimum absolute atomic E-state index is 1.02. The highest BCUT2D eigenvalue weighted by Crippen LogP contribution is 2.22. The minimum Gasteiger partial charge on any atom is -0.355 e. The van der Waals surface area contributed by atoms with Gasteiger partial charge in [-0.1, -0.05) is 31.2 Å². The third kappa shape index (κ3) is 2.57. The van der Waals surface area contributed by atoms with Crippen LogP contribution < -0.4 is 5.32 Å². The molecule has 3 rings (SSSR count). The fraction of sp³-hybridized carbons (Fsp3) is 0.118. The summed E-state index contributed by atoms with van der Waals surface area (Å²) in [6.45, 7) is 2.17. The van der Waals surface area contributed by atoms with Crippen molar-refractivity contribution in [2.45, 2.75) is 13.3 Å². The second-order valence-electron chi connectivity index (χ2n) is 4.64. The number of hydrogen-bond acceptors (Lipinski definition) is 2. The quantitative estimate of drug-likeness (QED) is 0.765. The van der Waals surface area contributed by atoms with Crippen molar-refractivity contribution in [2.75, 3.05) is 5.32 Å². The molecule has 1 aromatic heterocycles. The first-order valence-corrected chi connectivity index (χ1v) is 6.82. The second kappa shape index (κ2) is 5.61. The summed E-state index contributed by atoms with van der Waals surface area (Å²) in [4.78, 5) is 0. The summed E-state index contributed by atoms with van der Waals surface area (Å²) in [7, 11) is 0. The minimum atomic E-state index is 1.02. The first-order valence-electron chi connectivity index (χ1n) is 6.82. The number of nitrogens with one attached hydrogen (secondary N) is 1. The number of para-hydroxylation sites is 1. The Balaban J connectivity index is 1.90. The fourth-order valence-corrected chi connectivity index (χ4v) is 2.25. The molecule has 0 aliphatic rings. The summed E-state index contributed by atoms with van der Waals surface area (Å²) in [5.41, 5.74) is 4.59. The Hall–Kier alpha value is -2.55. The van der Waals surface area contributed by atoms with Crippen molar-refractivity contribution in [1.29, 1.82) is 0 Å². The van der Waals surface area contributed by atoms with Gasteiger partial charge >= 0.3 is 0 Å². The van der Waals surface area contributed by atoms with Crippen LogP contribution in [0.25, 0.3) is 5.69 Å². The molecule has 1 heterocycles. The summed E-state index contributed by atoms with van der Waals surface area (Å²) < 4.78 is 1.86. The van der Waals surface area contributed by atoms with Gasteiger partial charge in [0.2, 0.25) is 0 Å². The summed E-state index contributed by atoms with van der Waals surface area (Å²) in [5, 5.41) is 7.74. The zero-order valence-corrected chi connectivity index (χ0v) is 11.5. The summed E-state index contributed by atoms with van der Waals surface area (Å²) in [6.07, 6.45) is 4.74. The van der Waals surface area contributed by atoms with Crippen molar-refractivity contribution in [3.8, 4) is 5.69 Å². The predicted octanol–water partition coefficient (Wildman–Crippen LogP) is 4.18. The highest BCUT2D eigenvalue weighted by molar-refractivity contribution is 5.65. The Morgan fingerprint density at radius 3 is 2.75 bits per heavy atom. The van der Waals surface area contributed by atoms with Crippen LogP contribution in [0.3, 0.4) is 0 Å². The van der Waals surface area contributed by atoms with Gasteiger partial charge in [-0.25, -0.2) is 4.68 Å². The molecule has 100 valence electrons. The third-order valence-electron chi connectivity index (χ3n) is 3.29. The molecule has 2 aromatic carbocycles. The van der Waals surface area contributed by atoms with Crippen molar-refractivity contribution in [2.24, 2.45) is 0 Å².